The molecule has 0 aliphatic heterocycles. The van der Waals surface area contributed by atoms with Crippen molar-refractivity contribution >= 4 is 12.4 Å². The van der Waals surface area contributed by atoms with Crippen LogP contribution in [0.1, 0.15) is 32.6 Å². The second-order valence-corrected chi connectivity index (χ2v) is 8.47. The van der Waals surface area contributed by atoms with Crippen LogP contribution in [0.2, 0.25) is 0 Å². The SMILES string of the molecule is COC(=O)c1cc(Cc2ccc(Oc3ccc(Cc4ccc(OC)c(OC=O)c4)cc3)cc2)ccc1OC. The van der Waals surface area contributed by atoms with Gasteiger partial charge in [0, 0.05) is 0 Å². The number of methoxy groups -OCH3 is 3. The average molecular weight is 513 g/mol. The first-order chi connectivity index (χ1) is 18.5. The summed E-state index contributed by atoms with van der Waals surface area (Å²) in [4.78, 5) is 22.8. The third kappa shape index (κ3) is 6.50. The Balaban J connectivity index is 1.38. The van der Waals surface area contributed by atoms with Crippen molar-refractivity contribution in [2.45, 2.75) is 12.8 Å². The molecule has 4 aromatic carbocycles. The average Bonchev–Trinajstić information content (AvgIpc) is 2.95. The van der Waals surface area contributed by atoms with Crippen LogP contribution in [0, 0.1) is 0 Å². The molecule has 7 heteroatoms. The zero-order chi connectivity index (χ0) is 26.9. The number of esters is 1. The van der Waals surface area contributed by atoms with Crippen LogP contribution in [-0.4, -0.2) is 33.8 Å². The molecule has 0 amide bonds. The molecular weight excluding hydrogens is 484 g/mol. The summed E-state index contributed by atoms with van der Waals surface area (Å²) in [5.41, 5.74) is 4.52. The summed E-state index contributed by atoms with van der Waals surface area (Å²) < 4.78 is 26.4. The lowest BCUT2D eigenvalue weighted by atomic mass is 10.0. The Kier molecular flexibility index (Phi) is 8.61. The third-order valence-corrected chi connectivity index (χ3v) is 5.97. The molecule has 0 aliphatic carbocycles. The van der Waals surface area contributed by atoms with Crippen molar-refractivity contribution in [3.63, 3.8) is 0 Å². The second kappa shape index (κ2) is 12.5. The third-order valence-electron chi connectivity index (χ3n) is 5.97. The van der Waals surface area contributed by atoms with Gasteiger partial charge >= 0.3 is 5.97 Å². The van der Waals surface area contributed by atoms with E-state index in [-0.39, 0.29) is 0 Å². The van der Waals surface area contributed by atoms with Gasteiger partial charge < -0.3 is 23.7 Å². The largest absolute Gasteiger partial charge is 0.496 e. The van der Waals surface area contributed by atoms with Gasteiger partial charge in [0.2, 0.25) is 0 Å². The molecule has 0 N–H and O–H groups in total. The van der Waals surface area contributed by atoms with Crippen molar-refractivity contribution in [3.05, 3.63) is 113 Å². The van der Waals surface area contributed by atoms with Gasteiger partial charge in [-0.15, -0.1) is 0 Å². The van der Waals surface area contributed by atoms with E-state index in [1.807, 2.05) is 60.7 Å². The van der Waals surface area contributed by atoms with Crippen molar-refractivity contribution in [2.24, 2.45) is 0 Å². The van der Waals surface area contributed by atoms with E-state index in [0.29, 0.717) is 42.1 Å². The number of carbonyl (C=O) groups excluding carboxylic acids is 2. The highest BCUT2D eigenvalue weighted by Crippen LogP contribution is 2.29. The maximum atomic E-state index is 12.0. The number of hydrogen-bond donors (Lipinski definition) is 0. The molecule has 0 unspecified atom stereocenters. The molecule has 194 valence electrons. The van der Waals surface area contributed by atoms with Crippen LogP contribution in [0.25, 0.3) is 0 Å². The van der Waals surface area contributed by atoms with Crippen LogP contribution in [0.3, 0.4) is 0 Å². The maximum Gasteiger partial charge on any atom is 0.341 e. The topological polar surface area (TPSA) is 80.3 Å². The van der Waals surface area contributed by atoms with Gasteiger partial charge in [-0.1, -0.05) is 36.4 Å². The molecule has 0 radical (unpaired) electrons. The van der Waals surface area contributed by atoms with Crippen molar-refractivity contribution in [2.75, 3.05) is 21.3 Å². The smallest absolute Gasteiger partial charge is 0.341 e. The first-order valence-electron chi connectivity index (χ1n) is 11.9. The predicted molar refractivity (Wildman–Crippen MR) is 143 cm³/mol. The first kappa shape index (κ1) is 26.3. The van der Waals surface area contributed by atoms with E-state index in [0.717, 1.165) is 33.8 Å². The highest BCUT2D eigenvalue weighted by molar-refractivity contribution is 5.92. The number of benzene rings is 4. The van der Waals surface area contributed by atoms with E-state index in [9.17, 15) is 9.59 Å². The molecule has 0 aromatic heterocycles. The normalized spacial score (nSPS) is 10.4. The summed E-state index contributed by atoms with van der Waals surface area (Å²) >= 11 is 0. The van der Waals surface area contributed by atoms with Gasteiger partial charge in [-0.25, -0.2) is 4.79 Å². The van der Waals surface area contributed by atoms with Gasteiger partial charge in [0.1, 0.15) is 22.8 Å². The van der Waals surface area contributed by atoms with E-state index in [1.165, 1.54) is 21.3 Å². The first-order valence-corrected chi connectivity index (χ1v) is 11.9. The molecule has 0 saturated carbocycles. The van der Waals surface area contributed by atoms with Gasteiger partial charge in [0.15, 0.2) is 11.5 Å². The second-order valence-electron chi connectivity index (χ2n) is 8.47. The van der Waals surface area contributed by atoms with Crippen molar-refractivity contribution in [1.82, 2.24) is 0 Å². The van der Waals surface area contributed by atoms with Crippen molar-refractivity contribution < 1.29 is 33.3 Å². The summed E-state index contributed by atoms with van der Waals surface area (Å²) in [7, 11) is 4.40. The zero-order valence-electron chi connectivity index (χ0n) is 21.4. The predicted octanol–water partition coefficient (Wildman–Crippen LogP) is 6.00. The van der Waals surface area contributed by atoms with Gasteiger partial charge in [-0.3, -0.25) is 4.79 Å². The van der Waals surface area contributed by atoms with Crippen LogP contribution < -0.4 is 18.9 Å². The summed E-state index contributed by atoms with van der Waals surface area (Å²) in [6.07, 6.45) is 1.31. The Labute approximate surface area is 221 Å². The van der Waals surface area contributed by atoms with Gasteiger partial charge in [0.25, 0.3) is 6.47 Å². The van der Waals surface area contributed by atoms with E-state index in [1.54, 1.807) is 24.3 Å². The molecule has 0 atom stereocenters. The highest BCUT2D eigenvalue weighted by Gasteiger charge is 2.14. The molecule has 0 saturated heterocycles. The molecule has 0 aliphatic rings. The minimum Gasteiger partial charge on any atom is -0.496 e. The molecule has 0 bridgehead atoms. The van der Waals surface area contributed by atoms with Gasteiger partial charge in [-0.05, 0) is 83.6 Å². The minimum absolute atomic E-state index is 0.388. The van der Waals surface area contributed by atoms with Crippen LogP contribution in [0.4, 0.5) is 0 Å². The fourth-order valence-corrected chi connectivity index (χ4v) is 4.07. The minimum atomic E-state index is -0.431. The Hall–Kier alpha value is -4.78. The van der Waals surface area contributed by atoms with Crippen LogP contribution >= 0.6 is 0 Å². The number of rotatable bonds is 11. The van der Waals surface area contributed by atoms with Crippen LogP contribution in [0.5, 0.6) is 28.7 Å². The summed E-state index contributed by atoms with van der Waals surface area (Å²) in [5, 5.41) is 0. The fraction of sp³-hybridized carbons (Fsp3) is 0.161. The molecule has 4 aromatic rings. The lowest BCUT2D eigenvalue weighted by Crippen LogP contribution is -2.05. The summed E-state index contributed by atoms with van der Waals surface area (Å²) in [6.45, 7) is 0.389. The van der Waals surface area contributed by atoms with Gasteiger partial charge in [-0.2, -0.15) is 0 Å². The molecule has 0 fully saturated rings. The lowest BCUT2D eigenvalue weighted by molar-refractivity contribution is -0.120. The molecular formula is C31H28O7. The van der Waals surface area contributed by atoms with E-state index in [2.05, 4.69) is 0 Å². The quantitative estimate of drug-likeness (QED) is 0.180. The maximum absolute atomic E-state index is 12.0. The Bertz CT molecular complexity index is 1390. The van der Waals surface area contributed by atoms with E-state index in [4.69, 9.17) is 23.7 Å². The Morgan fingerprint density at radius 3 is 1.63 bits per heavy atom. The number of carbonyl (C=O) groups is 2. The van der Waals surface area contributed by atoms with Crippen LogP contribution in [-0.2, 0) is 22.4 Å². The lowest BCUT2D eigenvalue weighted by Gasteiger charge is -2.11. The number of hydrogen-bond acceptors (Lipinski definition) is 7. The Morgan fingerprint density at radius 1 is 0.632 bits per heavy atom. The Morgan fingerprint density at radius 2 is 1.13 bits per heavy atom. The molecule has 0 heterocycles. The summed E-state index contributed by atoms with van der Waals surface area (Å²) in [5.74, 6) is 2.39. The molecule has 38 heavy (non-hydrogen) atoms. The van der Waals surface area contributed by atoms with Gasteiger partial charge in [0.05, 0.1) is 21.3 Å². The standard InChI is InChI=1S/C31H28O7/c1-34-28-14-8-23(18-27(28)31(33)36-3)16-21-4-10-25(11-5-21)38-26-12-6-22(7-13-26)17-24-9-15-29(35-2)30(19-24)37-20-32/h4-15,18-20H,16-17H2,1-3H3. The van der Waals surface area contributed by atoms with Crippen molar-refractivity contribution in [1.29, 1.82) is 0 Å². The molecule has 0 spiro atoms. The van der Waals surface area contributed by atoms with Crippen molar-refractivity contribution in [3.8, 4) is 28.7 Å². The fourth-order valence-electron chi connectivity index (χ4n) is 4.07. The zero-order valence-corrected chi connectivity index (χ0v) is 21.4. The number of ether oxygens (including phenoxy) is 5. The highest BCUT2D eigenvalue weighted by atomic mass is 16.5. The van der Waals surface area contributed by atoms with E-state index < -0.39 is 5.97 Å². The monoisotopic (exact) mass is 512 g/mol. The molecule has 4 rings (SSSR count). The molecule has 7 nitrogen and oxygen atoms in total. The van der Waals surface area contributed by atoms with E-state index >= 15 is 0 Å². The van der Waals surface area contributed by atoms with Crippen LogP contribution in [0.15, 0.2) is 84.9 Å². The summed E-state index contributed by atoms with van der Waals surface area (Å²) in [6, 6.07) is 26.7.